The number of aromatic nitrogens is 3. The van der Waals surface area contributed by atoms with Crippen molar-refractivity contribution in [1.82, 2.24) is 14.8 Å². The summed E-state index contributed by atoms with van der Waals surface area (Å²) in [6.45, 7) is 0.669. The fraction of sp³-hybridized carbons (Fsp3) is 0.818. The van der Waals surface area contributed by atoms with Crippen molar-refractivity contribution in [2.75, 3.05) is 18.9 Å². The lowest BCUT2D eigenvalue weighted by atomic mass is 9.73. The summed E-state index contributed by atoms with van der Waals surface area (Å²) in [7, 11) is 3.87. The highest BCUT2D eigenvalue weighted by molar-refractivity contribution is 5.27. The van der Waals surface area contributed by atoms with Crippen molar-refractivity contribution in [3.8, 4) is 0 Å². The Morgan fingerprint density at radius 2 is 2.00 bits per heavy atom. The van der Waals surface area contributed by atoms with E-state index in [2.05, 4.69) is 15.5 Å². The summed E-state index contributed by atoms with van der Waals surface area (Å²) in [5, 5.41) is 11.5. The molecule has 2 rings (SSSR count). The maximum Gasteiger partial charge on any atom is 0.224 e. The van der Waals surface area contributed by atoms with Gasteiger partial charge in [-0.2, -0.15) is 0 Å². The fourth-order valence-electron chi connectivity index (χ4n) is 2.76. The van der Waals surface area contributed by atoms with Gasteiger partial charge in [-0.3, -0.25) is 0 Å². The average molecular weight is 223 g/mol. The maximum absolute atomic E-state index is 5.99. The standard InChI is InChI=1S/C11H21N5/c1-13-10-15-14-9(16(10)2)11(8-12)6-4-3-5-7-11/h3-8,12H2,1-2H3,(H,13,15). The molecule has 16 heavy (non-hydrogen) atoms. The largest absolute Gasteiger partial charge is 0.357 e. The third-order valence-electron chi connectivity index (χ3n) is 3.77. The van der Waals surface area contributed by atoms with Gasteiger partial charge in [0.1, 0.15) is 5.82 Å². The topological polar surface area (TPSA) is 68.8 Å². The molecule has 3 N–H and O–H groups in total. The molecule has 0 radical (unpaired) electrons. The monoisotopic (exact) mass is 223 g/mol. The number of nitrogens with two attached hydrogens (primary N) is 1. The van der Waals surface area contributed by atoms with Crippen molar-refractivity contribution in [3.63, 3.8) is 0 Å². The van der Waals surface area contributed by atoms with Gasteiger partial charge in [-0.05, 0) is 12.8 Å². The van der Waals surface area contributed by atoms with Crippen molar-refractivity contribution >= 4 is 5.95 Å². The Balaban J connectivity index is 2.35. The fourth-order valence-corrected chi connectivity index (χ4v) is 2.76. The molecule has 0 unspecified atom stereocenters. The molecule has 1 saturated carbocycles. The zero-order chi connectivity index (χ0) is 11.6. The van der Waals surface area contributed by atoms with Gasteiger partial charge in [0.2, 0.25) is 5.95 Å². The van der Waals surface area contributed by atoms with E-state index in [4.69, 9.17) is 5.73 Å². The first-order valence-corrected chi connectivity index (χ1v) is 6.01. The second-order valence-electron chi connectivity index (χ2n) is 4.70. The third-order valence-corrected chi connectivity index (χ3v) is 3.77. The second-order valence-corrected chi connectivity index (χ2v) is 4.70. The van der Waals surface area contributed by atoms with E-state index in [9.17, 15) is 0 Å². The van der Waals surface area contributed by atoms with Crippen LogP contribution in [0.4, 0.5) is 5.95 Å². The Kier molecular flexibility index (Phi) is 3.14. The molecule has 0 spiro atoms. The van der Waals surface area contributed by atoms with Crippen molar-refractivity contribution < 1.29 is 0 Å². The van der Waals surface area contributed by atoms with E-state index in [-0.39, 0.29) is 5.41 Å². The molecule has 5 nitrogen and oxygen atoms in total. The van der Waals surface area contributed by atoms with Gasteiger partial charge < -0.3 is 15.6 Å². The predicted molar refractivity (Wildman–Crippen MR) is 64.4 cm³/mol. The molecule has 1 fully saturated rings. The van der Waals surface area contributed by atoms with E-state index >= 15 is 0 Å². The Hall–Kier alpha value is -1.10. The summed E-state index contributed by atoms with van der Waals surface area (Å²) < 4.78 is 2.04. The summed E-state index contributed by atoms with van der Waals surface area (Å²) in [6, 6.07) is 0. The van der Waals surface area contributed by atoms with Gasteiger partial charge in [0, 0.05) is 26.1 Å². The first kappa shape index (κ1) is 11.4. The Morgan fingerprint density at radius 1 is 1.31 bits per heavy atom. The van der Waals surface area contributed by atoms with E-state index < -0.39 is 0 Å². The molecule has 1 aliphatic rings. The minimum Gasteiger partial charge on any atom is -0.357 e. The van der Waals surface area contributed by atoms with E-state index in [0.29, 0.717) is 6.54 Å². The minimum atomic E-state index is 0.0507. The highest BCUT2D eigenvalue weighted by Gasteiger charge is 2.37. The first-order chi connectivity index (χ1) is 7.73. The van der Waals surface area contributed by atoms with Crippen LogP contribution >= 0.6 is 0 Å². The normalized spacial score (nSPS) is 19.7. The lowest BCUT2D eigenvalue weighted by Gasteiger charge is -2.34. The van der Waals surface area contributed by atoms with Gasteiger partial charge in [0.25, 0.3) is 0 Å². The molecular weight excluding hydrogens is 202 g/mol. The van der Waals surface area contributed by atoms with Crippen LogP contribution < -0.4 is 11.1 Å². The van der Waals surface area contributed by atoms with Crippen LogP contribution in [0.5, 0.6) is 0 Å². The van der Waals surface area contributed by atoms with Crippen LogP contribution in [0.25, 0.3) is 0 Å². The van der Waals surface area contributed by atoms with E-state index in [1.165, 1.54) is 19.3 Å². The zero-order valence-electron chi connectivity index (χ0n) is 10.2. The number of hydrogen-bond acceptors (Lipinski definition) is 4. The van der Waals surface area contributed by atoms with Crippen LogP contribution in [0.1, 0.15) is 37.9 Å². The molecule has 0 amide bonds. The number of nitrogens with zero attached hydrogens (tertiary/aromatic N) is 3. The summed E-state index contributed by atoms with van der Waals surface area (Å²) in [6.07, 6.45) is 6.09. The molecule has 0 bridgehead atoms. The molecule has 5 heteroatoms. The molecule has 1 aromatic heterocycles. The Morgan fingerprint density at radius 3 is 2.50 bits per heavy atom. The lowest BCUT2D eigenvalue weighted by molar-refractivity contribution is 0.279. The number of nitrogens with one attached hydrogen (secondary N) is 1. The van der Waals surface area contributed by atoms with Gasteiger partial charge in [-0.1, -0.05) is 19.3 Å². The van der Waals surface area contributed by atoms with Crippen molar-refractivity contribution in [1.29, 1.82) is 0 Å². The zero-order valence-corrected chi connectivity index (χ0v) is 10.2. The quantitative estimate of drug-likeness (QED) is 0.802. The van der Waals surface area contributed by atoms with Crippen LogP contribution in [0.15, 0.2) is 0 Å². The highest BCUT2D eigenvalue weighted by Crippen LogP contribution is 2.37. The molecule has 1 aliphatic carbocycles. The van der Waals surface area contributed by atoms with Gasteiger partial charge >= 0.3 is 0 Å². The molecule has 0 atom stereocenters. The molecule has 1 heterocycles. The number of hydrogen-bond donors (Lipinski definition) is 2. The van der Waals surface area contributed by atoms with E-state index in [1.807, 2.05) is 18.7 Å². The molecule has 90 valence electrons. The van der Waals surface area contributed by atoms with Gasteiger partial charge in [0.15, 0.2) is 0 Å². The smallest absolute Gasteiger partial charge is 0.224 e. The van der Waals surface area contributed by atoms with Crippen LogP contribution in [0.2, 0.25) is 0 Å². The Bertz CT molecular complexity index is 351. The van der Waals surface area contributed by atoms with Gasteiger partial charge in [-0.25, -0.2) is 0 Å². The third kappa shape index (κ3) is 1.69. The number of rotatable bonds is 3. The van der Waals surface area contributed by atoms with Gasteiger partial charge in [-0.15, -0.1) is 10.2 Å². The van der Waals surface area contributed by atoms with Crippen LogP contribution in [-0.4, -0.2) is 28.4 Å². The minimum absolute atomic E-state index is 0.0507. The Labute approximate surface area is 96.4 Å². The summed E-state index contributed by atoms with van der Waals surface area (Å²) in [4.78, 5) is 0. The average Bonchev–Trinajstić information content (AvgIpc) is 2.72. The van der Waals surface area contributed by atoms with Crippen LogP contribution in [-0.2, 0) is 12.5 Å². The lowest BCUT2D eigenvalue weighted by Crippen LogP contribution is -2.39. The van der Waals surface area contributed by atoms with Crippen molar-refractivity contribution in [2.24, 2.45) is 12.8 Å². The maximum atomic E-state index is 5.99. The highest BCUT2D eigenvalue weighted by atomic mass is 15.3. The molecule has 0 saturated heterocycles. The molecule has 1 aromatic rings. The first-order valence-electron chi connectivity index (χ1n) is 6.01. The predicted octanol–water partition coefficient (Wildman–Crippen LogP) is 1.02. The number of anilines is 1. The van der Waals surface area contributed by atoms with Crippen molar-refractivity contribution in [3.05, 3.63) is 5.82 Å². The summed E-state index contributed by atoms with van der Waals surface area (Å²) in [5.74, 6) is 1.85. The van der Waals surface area contributed by atoms with E-state index in [0.717, 1.165) is 24.6 Å². The summed E-state index contributed by atoms with van der Waals surface area (Å²) in [5.41, 5.74) is 6.04. The molecule has 0 aromatic carbocycles. The van der Waals surface area contributed by atoms with Crippen LogP contribution in [0.3, 0.4) is 0 Å². The van der Waals surface area contributed by atoms with Crippen LogP contribution in [0, 0.1) is 0 Å². The van der Waals surface area contributed by atoms with Gasteiger partial charge in [0.05, 0.1) is 0 Å². The SMILES string of the molecule is CNc1nnc(C2(CN)CCCCC2)n1C. The summed E-state index contributed by atoms with van der Waals surface area (Å²) >= 11 is 0. The van der Waals surface area contributed by atoms with Crippen molar-refractivity contribution in [2.45, 2.75) is 37.5 Å². The molecular formula is C11H21N5. The molecule has 0 aliphatic heterocycles. The second kappa shape index (κ2) is 4.41. The van der Waals surface area contributed by atoms with E-state index in [1.54, 1.807) is 0 Å².